The number of hydrogen-bond acceptors (Lipinski definition) is 4. The number of sulfonamides is 1. The van der Waals surface area contributed by atoms with Crippen LogP contribution in [0.1, 0.15) is 29.5 Å². The molecular formula is C25H23BrN2O3S. The van der Waals surface area contributed by atoms with Gasteiger partial charge in [-0.05, 0) is 66.4 Å². The summed E-state index contributed by atoms with van der Waals surface area (Å²) in [6.07, 6.45) is 5.31. The number of para-hydroxylation sites is 1. The Morgan fingerprint density at radius 3 is 2.59 bits per heavy atom. The number of anilines is 2. The number of allylic oxidation sites excluding steroid dienone is 2. The van der Waals surface area contributed by atoms with E-state index >= 15 is 0 Å². The van der Waals surface area contributed by atoms with Crippen LogP contribution in [-0.2, 0) is 10.0 Å². The van der Waals surface area contributed by atoms with Gasteiger partial charge in [0.1, 0.15) is 5.75 Å². The fourth-order valence-electron chi connectivity index (χ4n) is 4.70. The SMILES string of the molecule is COc1ccccc1[C@H]1Nc2ccc(S(=O)(=O)Nc3ccc(Br)cc3)cc2[C@H]2C=CC[C@H]21. The molecule has 0 saturated carbocycles. The third kappa shape index (κ3) is 3.80. The standard InChI is InChI=1S/C25H23BrN2O3S/c1-31-24-8-3-2-5-21(24)25-20-7-4-6-19(20)22-15-18(13-14-23(22)27-25)32(29,30)28-17-11-9-16(26)10-12-17/h2-6,8-15,19-20,25,27-28H,7H2,1H3/t19-,20+,25-/m0/s1. The summed E-state index contributed by atoms with van der Waals surface area (Å²) in [6.45, 7) is 0. The van der Waals surface area contributed by atoms with Gasteiger partial charge in [0, 0.05) is 27.3 Å². The Balaban J connectivity index is 1.50. The second-order valence-electron chi connectivity index (χ2n) is 8.08. The largest absolute Gasteiger partial charge is 0.496 e. The van der Waals surface area contributed by atoms with Crippen molar-refractivity contribution in [1.29, 1.82) is 0 Å². The zero-order chi connectivity index (χ0) is 22.3. The quantitative estimate of drug-likeness (QED) is 0.407. The Kier molecular flexibility index (Phi) is 5.47. The number of benzene rings is 3. The predicted octanol–water partition coefficient (Wildman–Crippen LogP) is 6.09. The van der Waals surface area contributed by atoms with Crippen LogP contribution in [0.5, 0.6) is 5.75 Å². The van der Waals surface area contributed by atoms with Crippen LogP contribution in [0.3, 0.4) is 0 Å². The summed E-state index contributed by atoms with van der Waals surface area (Å²) >= 11 is 3.37. The highest BCUT2D eigenvalue weighted by atomic mass is 79.9. The first-order valence-corrected chi connectivity index (χ1v) is 12.7. The summed E-state index contributed by atoms with van der Waals surface area (Å²) < 4.78 is 35.3. The summed E-state index contributed by atoms with van der Waals surface area (Å²) in [5.74, 6) is 1.29. The number of rotatable bonds is 5. The lowest BCUT2D eigenvalue weighted by Crippen LogP contribution is -2.29. The Hall–Kier alpha value is -2.77. The van der Waals surface area contributed by atoms with Crippen molar-refractivity contribution in [2.45, 2.75) is 23.3 Å². The first kappa shape index (κ1) is 21.1. The molecule has 0 aromatic heterocycles. The molecule has 3 atom stereocenters. The predicted molar refractivity (Wildman–Crippen MR) is 131 cm³/mol. The van der Waals surface area contributed by atoms with Gasteiger partial charge >= 0.3 is 0 Å². The van der Waals surface area contributed by atoms with Crippen molar-refractivity contribution in [2.24, 2.45) is 5.92 Å². The number of hydrogen-bond donors (Lipinski definition) is 2. The molecule has 1 heterocycles. The van der Waals surface area contributed by atoms with E-state index in [1.54, 1.807) is 43.5 Å². The lowest BCUT2D eigenvalue weighted by Gasteiger charge is -2.38. The van der Waals surface area contributed by atoms with Crippen molar-refractivity contribution in [3.05, 3.63) is 94.5 Å². The van der Waals surface area contributed by atoms with Crippen LogP contribution in [-0.4, -0.2) is 15.5 Å². The van der Waals surface area contributed by atoms with Crippen molar-refractivity contribution >= 4 is 37.3 Å². The molecule has 0 spiro atoms. The van der Waals surface area contributed by atoms with Crippen LogP contribution in [0.15, 0.2) is 88.3 Å². The molecule has 32 heavy (non-hydrogen) atoms. The van der Waals surface area contributed by atoms with Gasteiger partial charge in [0.15, 0.2) is 0 Å². The van der Waals surface area contributed by atoms with Gasteiger partial charge in [-0.15, -0.1) is 0 Å². The van der Waals surface area contributed by atoms with E-state index in [1.165, 1.54) is 0 Å². The average molecular weight is 511 g/mol. The van der Waals surface area contributed by atoms with Crippen LogP contribution >= 0.6 is 15.9 Å². The van der Waals surface area contributed by atoms with E-state index in [0.29, 0.717) is 5.69 Å². The molecule has 0 radical (unpaired) electrons. The van der Waals surface area contributed by atoms with Gasteiger partial charge < -0.3 is 10.1 Å². The number of fused-ring (bicyclic) bond motifs is 3. The average Bonchev–Trinajstić information content (AvgIpc) is 3.30. The van der Waals surface area contributed by atoms with Crippen LogP contribution < -0.4 is 14.8 Å². The summed E-state index contributed by atoms with van der Waals surface area (Å²) in [5.41, 5.74) is 3.61. The third-order valence-electron chi connectivity index (χ3n) is 6.21. The van der Waals surface area contributed by atoms with E-state index in [0.717, 1.165) is 33.5 Å². The maximum atomic E-state index is 13.1. The molecular weight excluding hydrogens is 488 g/mol. The summed E-state index contributed by atoms with van der Waals surface area (Å²) in [7, 11) is -2.01. The van der Waals surface area contributed by atoms with Crippen LogP contribution in [0, 0.1) is 5.92 Å². The molecule has 1 aliphatic heterocycles. The fourth-order valence-corrected chi connectivity index (χ4v) is 6.06. The molecule has 2 N–H and O–H groups in total. The molecule has 2 aliphatic rings. The minimum Gasteiger partial charge on any atom is -0.496 e. The van der Waals surface area contributed by atoms with Crippen LogP contribution in [0.4, 0.5) is 11.4 Å². The monoisotopic (exact) mass is 510 g/mol. The van der Waals surface area contributed by atoms with Gasteiger partial charge in [-0.2, -0.15) is 0 Å². The molecule has 0 unspecified atom stereocenters. The van der Waals surface area contributed by atoms with Crippen molar-refractivity contribution in [1.82, 2.24) is 0 Å². The third-order valence-corrected chi connectivity index (χ3v) is 8.12. The Labute approximate surface area is 196 Å². The minimum atomic E-state index is -3.70. The topological polar surface area (TPSA) is 67.4 Å². The summed E-state index contributed by atoms with van der Waals surface area (Å²) in [4.78, 5) is 0.260. The molecule has 0 fully saturated rings. The van der Waals surface area contributed by atoms with Crippen LogP contribution in [0.25, 0.3) is 0 Å². The maximum absolute atomic E-state index is 13.1. The first-order chi connectivity index (χ1) is 15.5. The smallest absolute Gasteiger partial charge is 0.261 e. The second kappa shape index (κ2) is 8.30. The highest BCUT2D eigenvalue weighted by molar-refractivity contribution is 9.10. The van der Waals surface area contributed by atoms with Crippen LogP contribution in [0.2, 0.25) is 0 Å². The highest BCUT2D eigenvalue weighted by Gasteiger charge is 2.39. The number of ether oxygens (including phenoxy) is 1. The molecule has 0 amide bonds. The number of halogens is 1. The molecule has 0 saturated heterocycles. The van der Waals surface area contributed by atoms with Gasteiger partial charge in [0.2, 0.25) is 0 Å². The zero-order valence-electron chi connectivity index (χ0n) is 17.5. The van der Waals surface area contributed by atoms with Crippen molar-refractivity contribution in [2.75, 3.05) is 17.1 Å². The molecule has 1 aliphatic carbocycles. The van der Waals surface area contributed by atoms with E-state index in [2.05, 4.69) is 44.2 Å². The Bertz CT molecular complexity index is 1290. The molecule has 3 aromatic carbocycles. The summed E-state index contributed by atoms with van der Waals surface area (Å²) in [6, 6.07) is 20.6. The lowest BCUT2D eigenvalue weighted by atomic mass is 9.77. The van der Waals surface area contributed by atoms with Gasteiger partial charge in [-0.25, -0.2) is 8.42 Å². The lowest BCUT2D eigenvalue weighted by molar-refractivity contribution is 0.381. The van der Waals surface area contributed by atoms with Gasteiger partial charge in [0.05, 0.1) is 18.0 Å². The molecule has 164 valence electrons. The molecule has 7 heteroatoms. The highest BCUT2D eigenvalue weighted by Crippen LogP contribution is 2.51. The van der Waals surface area contributed by atoms with Crippen molar-refractivity contribution < 1.29 is 13.2 Å². The van der Waals surface area contributed by atoms with E-state index < -0.39 is 10.0 Å². The van der Waals surface area contributed by atoms with E-state index in [4.69, 9.17) is 4.74 Å². The van der Waals surface area contributed by atoms with E-state index in [-0.39, 0.29) is 22.8 Å². The Morgan fingerprint density at radius 2 is 1.81 bits per heavy atom. The zero-order valence-corrected chi connectivity index (χ0v) is 19.9. The van der Waals surface area contributed by atoms with Gasteiger partial charge in [0.25, 0.3) is 10.0 Å². The molecule has 3 aromatic rings. The summed E-state index contributed by atoms with van der Waals surface area (Å²) in [5, 5.41) is 3.65. The fraction of sp³-hybridized carbons (Fsp3) is 0.200. The molecule has 5 rings (SSSR count). The molecule has 5 nitrogen and oxygen atoms in total. The Morgan fingerprint density at radius 1 is 1.03 bits per heavy atom. The molecule has 0 bridgehead atoms. The van der Waals surface area contributed by atoms with Gasteiger partial charge in [-0.1, -0.05) is 46.3 Å². The van der Waals surface area contributed by atoms with Gasteiger partial charge in [-0.3, -0.25) is 4.72 Å². The van der Waals surface area contributed by atoms with Crippen molar-refractivity contribution in [3.8, 4) is 5.75 Å². The van der Waals surface area contributed by atoms with E-state index in [1.807, 2.05) is 24.3 Å². The minimum absolute atomic E-state index is 0.0852. The first-order valence-electron chi connectivity index (χ1n) is 10.4. The second-order valence-corrected chi connectivity index (χ2v) is 10.7. The maximum Gasteiger partial charge on any atom is 0.261 e. The van der Waals surface area contributed by atoms with Crippen molar-refractivity contribution in [3.63, 3.8) is 0 Å². The normalized spacial score (nSPS) is 21.4. The number of nitrogens with one attached hydrogen (secondary N) is 2. The number of methoxy groups -OCH3 is 1. The van der Waals surface area contributed by atoms with E-state index in [9.17, 15) is 8.42 Å².